The fourth-order valence-electron chi connectivity index (χ4n) is 2.25. The van der Waals surface area contributed by atoms with E-state index in [4.69, 9.17) is 4.74 Å². The van der Waals surface area contributed by atoms with Gasteiger partial charge in [0, 0.05) is 14.2 Å². The molecule has 0 spiro atoms. The van der Waals surface area contributed by atoms with Crippen molar-refractivity contribution >= 4 is 6.03 Å². The number of aromatic nitrogens is 3. The third-order valence-corrected chi connectivity index (χ3v) is 3.75. The second kappa shape index (κ2) is 7.73. The van der Waals surface area contributed by atoms with Gasteiger partial charge in [-0.25, -0.2) is 14.5 Å². The summed E-state index contributed by atoms with van der Waals surface area (Å²) >= 11 is 0. The zero-order valence-electron chi connectivity index (χ0n) is 13.9. The molecular weight excluding hydrogens is 294 g/mol. The molecule has 2 atom stereocenters. The van der Waals surface area contributed by atoms with Crippen LogP contribution in [0.5, 0.6) is 0 Å². The van der Waals surface area contributed by atoms with Crippen LogP contribution in [-0.2, 0) is 4.74 Å². The first-order chi connectivity index (χ1) is 11.0. The molecule has 1 N–H and O–H groups in total. The first-order valence-electron chi connectivity index (χ1n) is 7.50. The van der Waals surface area contributed by atoms with E-state index in [9.17, 15) is 4.79 Å². The number of carbonyl (C=O) groups excluding carboxylic acids is 1. The minimum Gasteiger partial charge on any atom is -0.383 e. The normalized spacial score (nSPS) is 13.4. The van der Waals surface area contributed by atoms with Crippen molar-refractivity contribution in [2.75, 3.05) is 20.8 Å². The van der Waals surface area contributed by atoms with E-state index in [2.05, 4.69) is 15.4 Å². The molecule has 0 aliphatic heterocycles. The molecule has 0 unspecified atom stereocenters. The van der Waals surface area contributed by atoms with Gasteiger partial charge in [0.1, 0.15) is 12.7 Å². The Kier molecular flexibility index (Phi) is 5.70. The fraction of sp³-hybridized carbons (Fsp3) is 0.438. The number of urea groups is 1. The Morgan fingerprint density at radius 2 is 2.04 bits per heavy atom. The molecule has 0 saturated carbocycles. The average Bonchev–Trinajstić information content (AvgIpc) is 3.08. The monoisotopic (exact) mass is 317 g/mol. The van der Waals surface area contributed by atoms with Crippen LogP contribution in [-0.4, -0.2) is 52.5 Å². The number of nitrogens with one attached hydrogen (secondary N) is 1. The van der Waals surface area contributed by atoms with Crippen molar-refractivity contribution in [1.29, 1.82) is 0 Å². The van der Waals surface area contributed by atoms with E-state index in [0.29, 0.717) is 6.61 Å². The van der Waals surface area contributed by atoms with E-state index < -0.39 is 0 Å². The lowest BCUT2D eigenvalue weighted by Crippen LogP contribution is -2.44. The Labute approximate surface area is 136 Å². The standard InChI is InChI=1S/C16H23N5O2/c1-12(9-23-4)19-16(22)20(3)13(2)14-5-7-15(8-6-14)21-11-17-10-18-21/h5-8,10-13H,9H2,1-4H3,(H,19,22)/t12-,13-/m1/s1. The molecule has 0 saturated heterocycles. The summed E-state index contributed by atoms with van der Waals surface area (Å²) in [6.45, 7) is 4.39. The number of hydrogen-bond donors (Lipinski definition) is 1. The van der Waals surface area contributed by atoms with E-state index in [1.54, 1.807) is 30.1 Å². The lowest BCUT2D eigenvalue weighted by Gasteiger charge is -2.27. The highest BCUT2D eigenvalue weighted by Crippen LogP contribution is 2.20. The van der Waals surface area contributed by atoms with Crippen LogP contribution in [0, 0.1) is 0 Å². The minimum absolute atomic E-state index is 0.0307. The van der Waals surface area contributed by atoms with Crippen molar-refractivity contribution in [3.05, 3.63) is 42.5 Å². The Morgan fingerprint density at radius 1 is 1.35 bits per heavy atom. The molecule has 124 valence electrons. The predicted octanol–water partition coefficient (Wildman–Crippen LogP) is 2.00. The van der Waals surface area contributed by atoms with Gasteiger partial charge in [-0.2, -0.15) is 5.10 Å². The largest absolute Gasteiger partial charge is 0.383 e. The fourth-order valence-corrected chi connectivity index (χ4v) is 2.25. The molecule has 23 heavy (non-hydrogen) atoms. The summed E-state index contributed by atoms with van der Waals surface area (Å²) in [7, 11) is 3.40. The Morgan fingerprint density at radius 3 is 2.61 bits per heavy atom. The molecule has 7 nitrogen and oxygen atoms in total. The predicted molar refractivity (Wildman–Crippen MR) is 87.4 cm³/mol. The number of hydrogen-bond acceptors (Lipinski definition) is 4. The third-order valence-electron chi connectivity index (χ3n) is 3.75. The number of amides is 2. The number of methoxy groups -OCH3 is 1. The summed E-state index contributed by atoms with van der Waals surface area (Å²) in [5.41, 5.74) is 1.98. The van der Waals surface area contributed by atoms with Gasteiger partial charge in [-0.1, -0.05) is 12.1 Å². The first kappa shape index (κ1) is 17.0. The lowest BCUT2D eigenvalue weighted by molar-refractivity contribution is 0.158. The summed E-state index contributed by atoms with van der Waals surface area (Å²) in [5, 5.41) is 7.00. The number of carbonyl (C=O) groups is 1. The number of nitrogens with zero attached hydrogens (tertiary/aromatic N) is 4. The SMILES string of the molecule is COC[C@@H](C)NC(=O)N(C)[C@H](C)c1ccc(-n2cncn2)cc1. The highest BCUT2D eigenvalue weighted by molar-refractivity contribution is 5.74. The van der Waals surface area contributed by atoms with E-state index in [1.165, 1.54) is 6.33 Å². The van der Waals surface area contributed by atoms with Gasteiger partial charge in [0.15, 0.2) is 0 Å². The molecule has 7 heteroatoms. The van der Waals surface area contributed by atoms with Crippen molar-refractivity contribution in [3.63, 3.8) is 0 Å². The van der Waals surface area contributed by atoms with Gasteiger partial charge in [-0.15, -0.1) is 0 Å². The molecule has 2 aromatic rings. The number of rotatable bonds is 6. The molecule has 1 aromatic carbocycles. The minimum atomic E-state index is -0.123. The number of ether oxygens (including phenoxy) is 1. The third kappa shape index (κ3) is 4.29. The maximum Gasteiger partial charge on any atom is 0.317 e. The van der Waals surface area contributed by atoms with Crippen molar-refractivity contribution in [2.24, 2.45) is 0 Å². The molecule has 0 aliphatic rings. The molecule has 0 aliphatic carbocycles. The molecule has 0 fully saturated rings. The molecule has 0 bridgehead atoms. The molecular formula is C16H23N5O2. The van der Waals surface area contributed by atoms with Gasteiger partial charge in [0.25, 0.3) is 0 Å². The molecule has 0 radical (unpaired) electrons. The van der Waals surface area contributed by atoms with Crippen molar-refractivity contribution in [1.82, 2.24) is 25.0 Å². The van der Waals surface area contributed by atoms with E-state index in [0.717, 1.165) is 11.3 Å². The molecule has 2 amide bonds. The van der Waals surface area contributed by atoms with Crippen molar-refractivity contribution in [2.45, 2.75) is 25.9 Å². The van der Waals surface area contributed by atoms with Gasteiger partial charge in [0.2, 0.25) is 0 Å². The van der Waals surface area contributed by atoms with E-state index in [1.807, 2.05) is 38.1 Å². The van der Waals surface area contributed by atoms with Crippen LogP contribution in [0.2, 0.25) is 0 Å². The quantitative estimate of drug-likeness (QED) is 0.884. The first-order valence-corrected chi connectivity index (χ1v) is 7.50. The van der Waals surface area contributed by atoms with Crippen molar-refractivity contribution in [3.8, 4) is 5.69 Å². The smallest absolute Gasteiger partial charge is 0.317 e. The van der Waals surface area contributed by atoms with Gasteiger partial charge in [-0.3, -0.25) is 0 Å². The van der Waals surface area contributed by atoms with Gasteiger partial charge < -0.3 is 15.0 Å². The van der Waals surface area contributed by atoms with Crippen LogP contribution in [0.15, 0.2) is 36.9 Å². The van der Waals surface area contributed by atoms with E-state index >= 15 is 0 Å². The van der Waals surface area contributed by atoms with Crippen LogP contribution in [0.1, 0.15) is 25.5 Å². The molecule has 1 aromatic heterocycles. The maximum atomic E-state index is 12.2. The Hall–Kier alpha value is -2.41. The van der Waals surface area contributed by atoms with Crippen molar-refractivity contribution < 1.29 is 9.53 Å². The lowest BCUT2D eigenvalue weighted by atomic mass is 10.1. The average molecular weight is 317 g/mol. The molecule has 2 rings (SSSR count). The highest BCUT2D eigenvalue weighted by atomic mass is 16.5. The Balaban J connectivity index is 2.01. The number of benzene rings is 1. The summed E-state index contributed by atoms with van der Waals surface area (Å²) in [5.74, 6) is 0. The van der Waals surface area contributed by atoms with Crippen LogP contribution in [0.3, 0.4) is 0 Å². The second-order valence-electron chi connectivity index (χ2n) is 5.52. The zero-order valence-corrected chi connectivity index (χ0v) is 13.9. The van der Waals surface area contributed by atoms with Gasteiger partial charge >= 0.3 is 6.03 Å². The summed E-state index contributed by atoms with van der Waals surface area (Å²) in [6.07, 6.45) is 3.14. The summed E-state index contributed by atoms with van der Waals surface area (Å²) < 4.78 is 6.72. The topological polar surface area (TPSA) is 72.3 Å². The van der Waals surface area contributed by atoms with Gasteiger partial charge in [-0.05, 0) is 31.5 Å². The van der Waals surface area contributed by atoms with Crippen LogP contribution in [0.25, 0.3) is 5.69 Å². The maximum absolute atomic E-state index is 12.2. The van der Waals surface area contributed by atoms with Crippen LogP contribution < -0.4 is 5.32 Å². The molecule has 1 heterocycles. The second-order valence-corrected chi connectivity index (χ2v) is 5.52. The zero-order chi connectivity index (χ0) is 16.8. The Bertz CT molecular complexity index is 612. The van der Waals surface area contributed by atoms with E-state index in [-0.39, 0.29) is 18.1 Å². The summed E-state index contributed by atoms with van der Waals surface area (Å²) in [4.78, 5) is 17.8. The van der Waals surface area contributed by atoms with Gasteiger partial charge in [0.05, 0.1) is 24.4 Å². The highest BCUT2D eigenvalue weighted by Gasteiger charge is 2.18. The summed E-state index contributed by atoms with van der Waals surface area (Å²) in [6, 6.07) is 7.70. The van der Waals surface area contributed by atoms with Crippen LogP contribution in [0.4, 0.5) is 4.79 Å². The van der Waals surface area contributed by atoms with Crippen LogP contribution >= 0.6 is 0 Å².